The number of thiophene rings is 1. The molecule has 6 nitrogen and oxygen atoms in total. The number of sulfonamides is 1. The number of benzene rings is 2. The molecule has 0 aliphatic rings. The number of amides is 1. The molecule has 0 saturated carbocycles. The van der Waals surface area contributed by atoms with Gasteiger partial charge in [0, 0.05) is 4.88 Å². The summed E-state index contributed by atoms with van der Waals surface area (Å²) < 4.78 is 28.0. The molecule has 8 heteroatoms. The van der Waals surface area contributed by atoms with Crippen LogP contribution in [-0.4, -0.2) is 27.1 Å². The molecule has 0 aliphatic heterocycles. The van der Waals surface area contributed by atoms with E-state index in [0.717, 1.165) is 20.3 Å². The number of para-hydroxylation sites is 1. The number of nitrogens with zero attached hydrogens (tertiary/aromatic N) is 2. The molecule has 1 amide bonds. The van der Waals surface area contributed by atoms with E-state index in [1.165, 1.54) is 17.6 Å². The number of aryl methyl sites for hydroxylation is 2. The highest BCUT2D eigenvalue weighted by molar-refractivity contribution is 7.92. The molecule has 3 aromatic rings. The van der Waals surface area contributed by atoms with Gasteiger partial charge in [0.05, 0.1) is 16.8 Å². The number of nitrogens with one attached hydrogen (secondary N) is 1. The molecule has 1 N–H and O–H groups in total. The number of anilines is 1. The minimum Gasteiger partial charge on any atom is -0.271 e. The third kappa shape index (κ3) is 5.14. The molecule has 0 unspecified atom stereocenters. The summed E-state index contributed by atoms with van der Waals surface area (Å²) >= 11 is 1.49. The first-order valence-corrected chi connectivity index (χ1v) is 11.8. The summed E-state index contributed by atoms with van der Waals surface area (Å²) in [7, 11) is -3.94. The molecule has 0 atom stereocenters. The molecule has 3 rings (SSSR count). The minimum absolute atomic E-state index is 0.133. The van der Waals surface area contributed by atoms with E-state index >= 15 is 0 Å². The maximum absolute atomic E-state index is 13.4. The highest BCUT2D eigenvalue weighted by atomic mass is 32.2. The van der Waals surface area contributed by atoms with Crippen molar-refractivity contribution in [2.24, 2.45) is 5.10 Å². The summed E-state index contributed by atoms with van der Waals surface area (Å²) in [6.07, 6.45) is 2.16. The molecule has 0 spiro atoms. The third-order valence-corrected chi connectivity index (χ3v) is 7.04. The Labute approximate surface area is 180 Å². The van der Waals surface area contributed by atoms with Crippen molar-refractivity contribution in [2.75, 3.05) is 10.8 Å². The lowest BCUT2D eigenvalue weighted by molar-refractivity contribution is -0.119. The SMILES string of the molecule is CCc1ccccc1N(CC(=O)N/N=C\c1cccs1)S(=O)(=O)c1ccc(C)cc1. The highest BCUT2D eigenvalue weighted by Crippen LogP contribution is 2.27. The molecule has 0 saturated heterocycles. The standard InChI is InChI=1S/C22H23N3O3S2/c1-3-18-7-4-5-9-21(18)25(30(27,28)20-12-10-17(2)11-13-20)16-22(26)24-23-15-19-8-6-14-29-19/h4-15H,3,16H2,1-2H3,(H,24,26)/b23-15-. The van der Waals surface area contributed by atoms with Crippen LogP contribution in [0.2, 0.25) is 0 Å². The number of carbonyl (C=O) groups is 1. The van der Waals surface area contributed by atoms with Crippen LogP contribution in [0, 0.1) is 6.92 Å². The second-order valence-corrected chi connectivity index (χ2v) is 9.46. The normalized spacial score (nSPS) is 11.5. The number of hydrogen-bond donors (Lipinski definition) is 1. The van der Waals surface area contributed by atoms with Crippen molar-refractivity contribution in [2.45, 2.75) is 25.2 Å². The van der Waals surface area contributed by atoms with Crippen LogP contribution in [0.25, 0.3) is 0 Å². The second-order valence-electron chi connectivity index (χ2n) is 6.62. The predicted octanol–water partition coefficient (Wildman–Crippen LogP) is 3.96. The zero-order valence-corrected chi connectivity index (χ0v) is 18.4. The summed E-state index contributed by atoms with van der Waals surface area (Å²) in [5, 5.41) is 5.84. The van der Waals surface area contributed by atoms with E-state index in [1.807, 2.05) is 43.5 Å². The fourth-order valence-electron chi connectivity index (χ4n) is 2.89. The van der Waals surface area contributed by atoms with E-state index in [4.69, 9.17) is 0 Å². The molecular formula is C22H23N3O3S2. The Morgan fingerprint density at radius 1 is 1.10 bits per heavy atom. The Kier molecular flexibility index (Phi) is 7.02. The van der Waals surface area contributed by atoms with Gasteiger partial charge >= 0.3 is 0 Å². The van der Waals surface area contributed by atoms with Gasteiger partial charge in [-0.25, -0.2) is 13.8 Å². The number of hydrazone groups is 1. The third-order valence-electron chi connectivity index (χ3n) is 4.46. The summed E-state index contributed by atoms with van der Waals surface area (Å²) in [6.45, 7) is 3.45. The summed E-state index contributed by atoms with van der Waals surface area (Å²) in [6, 6.07) is 17.5. The molecule has 30 heavy (non-hydrogen) atoms. The van der Waals surface area contributed by atoms with Gasteiger partial charge in [-0.3, -0.25) is 9.10 Å². The van der Waals surface area contributed by atoms with E-state index in [2.05, 4.69) is 10.5 Å². The van der Waals surface area contributed by atoms with Gasteiger partial charge in [0.15, 0.2) is 0 Å². The topological polar surface area (TPSA) is 78.8 Å². The van der Waals surface area contributed by atoms with Crippen LogP contribution in [0.4, 0.5) is 5.69 Å². The monoisotopic (exact) mass is 441 g/mol. The predicted molar refractivity (Wildman–Crippen MR) is 122 cm³/mol. The van der Waals surface area contributed by atoms with Crippen LogP contribution in [0.1, 0.15) is 22.9 Å². The summed E-state index contributed by atoms with van der Waals surface area (Å²) in [5.41, 5.74) is 4.70. The van der Waals surface area contributed by atoms with Gasteiger partial charge in [0.2, 0.25) is 0 Å². The van der Waals surface area contributed by atoms with E-state index < -0.39 is 15.9 Å². The first kappa shape index (κ1) is 21.7. The molecule has 0 radical (unpaired) electrons. The van der Waals surface area contributed by atoms with Crippen molar-refractivity contribution < 1.29 is 13.2 Å². The number of carbonyl (C=O) groups excluding carboxylic acids is 1. The molecule has 0 aliphatic carbocycles. The molecular weight excluding hydrogens is 418 g/mol. The van der Waals surface area contributed by atoms with Gasteiger partial charge in [0.25, 0.3) is 15.9 Å². The Morgan fingerprint density at radius 2 is 1.83 bits per heavy atom. The van der Waals surface area contributed by atoms with Gasteiger partial charge in [-0.05, 0) is 48.6 Å². The lowest BCUT2D eigenvalue weighted by Crippen LogP contribution is -2.40. The minimum atomic E-state index is -3.94. The molecule has 2 aromatic carbocycles. The van der Waals surface area contributed by atoms with E-state index in [-0.39, 0.29) is 11.4 Å². The second kappa shape index (κ2) is 9.69. The van der Waals surface area contributed by atoms with Crippen LogP contribution in [0.5, 0.6) is 0 Å². The van der Waals surface area contributed by atoms with Gasteiger partial charge in [-0.2, -0.15) is 5.10 Å². The van der Waals surface area contributed by atoms with E-state index in [1.54, 1.807) is 36.4 Å². The van der Waals surface area contributed by atoms with Gasteiger partial charge in [-0.1, -0.05) is 48.9 Å². The number of hydrogen-bond acceptors (Lipinski definition) is 5. The van der Waals surface area contributed by atoms with Crippen molar-refractivity contribution in [3.8, 4) is 0 Å². The van der Waals surface area contributed by atoms with Gasteiger partial charge in [-0.15, -0.1) is 11.3 Å². The molecule has 156 valence electrons. The Hall–Kier alpha value is -2.97. The zero-order valence-electron chi connectivity index (χ0n) is 16.8. The van der Waals surface area contributed by atoms with Crippen molar-refractivity contribution in [1.29, 1.82) is 0 Å². The Morgan fingerprint density at radius 3 is 2.50 bits per heavy atom. The van der Waals surface area contributed by atoms with Gasteiger partial charge in [0.1, 0.15) is 6.54 Å². The molecule has 0 bridgehead atoms. The molecule has 0 fully saturated rings. The summed E-state index contributed by atoms with van der Waals surface area (Å²) in [5.74, 6) is -0.524. The average molecular weight is 442 g/mol. The quantitative estimate of drug-likeness (QED) is 0.424. The van der Waals surface area contributed by atoms with Crippen LogP contribution in [-0.2, 0) is 21.2 Å². The lowest BCUT2D eigenvalue weighted by atomic mass is 10.1. The largest absolute Gasteiger partial charge is 0.271 e. The smallest absolute Gasteiger partial charge is 0.264 e. The van der Waals surface area contributed by atoms with Crippen LogP contribution >= 0.6 is 11.3 Å². The van der Waals surface area contributed by atoms with E-state index in [0.29, 0.717) is 12.1 Å². The first-order valence-electron chi connectivity index (χ1n) is 9.44. The maximum Gasteiger partial charge on any atom is 0.264 e. The van der Waals surface area contributed by atoms with Crippen LogP contribution < -0.4 is 9.73 Å². The van der Waals surface area contributed by atoms with Crippen LogP contribution in [0.15, 0.2) is 76.0 Å². The Bertz CT molecular complexity index is 1120. The van der Waals surface area contributed by atoms with Gasteiger partial charge < -0.3 is 0 Å². The lowest BCUT2D eigenvalue weighted by Gasteiger charge is -2.25. The average Bonchev–Trinajstić information content (AvgIpc) is 3.26. The van der Waals surface area contributed by atoms with Crippen molar-refractivity contribution in [3.63, 3.8) is 0 Å². The molecule has 1 heterocycles. The number of rotatable bonds is 8. The maximum atomic E-state index is 13.4. The highest BCUT2D eigenvalue weighted by Gasteiger charge is 2.28. The Balaban J connectivity index is 1.91. The zero-order chi connectivity index (χ0) is 21.6. The van der Waals surface area contributed by atoms with Crippen molar-refractivity contribution in [1.82, 2.24) is 5.43 Å². The fourth-order valence-corrected chi connectivity index (χ4v) is 4.93. The summed E-state index contributed by atoms with van der Waals surface area (Å²) in [4.78, 5) is 13.6. The van der Waals surface area contributed by atoms with Crippen molar-refractivity contribution in [3.05, 3.63) is 82.0 Å². The molecule has 1 aromatic heterocycles. The van der Waals surface area contributed by atoms with Crippen LogP contribution in [0.3, 0.4) is 0 Å². The fraction of sp³-hybridized carbons (Fsp3) is 0.182. The first-order chi connectivity index (χ1) is 14.4. The van der Waals surface area contributed by atoms with E-state index in [9.17, 15) is 13.2 Å². The van der Waals surface area contributed by atoms with Crippen molar-refractivity contribution >= 4 is 39.2 Å².